The Kier molecular flexibility index (Phi) is 2.62. The lowest BCUT2D eigenvalue weighted by Gasteiger charge is -2.38. The van der Waals surface area contributed by atoms with Crippen LogP contribution in [-0.4, -0.2) is 11.8 Å². The smallest absolute Gasteiger partial charge is 0.238 e. The van der Waals surface area contributed by atoms with Crippen molar-refractivity contribution in [3.05, 3.63) is 41.5 Å². The maximum absolute atomic E-state index is 12.8. The zero-order chi connectivity index (χ0) is 14.7. The number of carbonyl (C=O) groups excluding carboxylic acids is 2. The number of imide groups is 1. The van der Waals surface area contributed by atoms with Gasteiger partial charge in [-0.3, -0.25) is 14.5 Å². The lowest BCUT2D eigenvalue weighted by atomic mass is 9.63. The summed E-state index contributed by atoms with van der Waals surface area (Å²) in [5, 5.41) is 0. The van der Waals surface area contributed by atoms with E-state index in [2.05, 4.69) is 12.2 Å². The Labute approximate surface area is 124 Å². The molecule has 5 rings (SSSR count). The number of hydrogen-bond acceptors (Lipinski definition) is 2. The number of allylic oxidation sites excluding steroid dienone is 2. The van der Waals surface area contributed by atoms with Gasteiger partial charge in [-0.25, -0.2) is 0 Å². The van der Waals surface area contributed by atoms with Gasteiger partial charge < -0.3 is 0 Å². The average Bonchev–Trinajstić information content (AvgIpc) is 2.78. The first-order valence-corrected chi connectivity index (χ1v) is 7.71. The standard InChI is InChI=1S/C18H19NO2/c1-10-3-8-14(9-11(10)2)19-17(20)15-12-4-5-13(7-6-12)16(15)18(19)21/h3-5,8-9,12-13,15-16H,6-7H2,1-2H3. The van der Waals surface area contributed by atoms with Crippen LogP contribution in [0.15, 0.2) is 30.4 Å². The van der Waals surface area contributed by atoms with Gasteiger partial charge in [-0.15, -0.1) is 0 Å². The van der Waals surface area contributed by atoms with Gasteiger partial charge in [0, 0.05) is 0 Å². The second-order valence-electron chi connectivity index (χ2n) is 6.62. The van der Waals surface area contributed by atoms with Crippen LogP contribution in [0.3, 0.4) is 0 Å². The molecule has 2 bridgehead atoms. The minimum Gasteiger partial charge on any atom is -0.274 e. The Hall–Kier alpha value is -1.90. The van der Waals surface area contributed by atoms with E-state index in [1.807, 2.05) is 32.0 Å². The number of carbonyl (C=O) groups is 2. The predicted molar refractivity (Wildman–Crippen MR) is 80.7 cm³/mol. The van der Waals surface area contributed by atoms with Gasteiger partial charge in [-0.1, -0.05) is 18.2 Å². The molecular weight excluding hydrogens is 262 g/mol. The molecule has 0 N–H and O–H groups in total. The molecule has 1 saturated carbocycles. The molecule has 108 valence electrons. The highest BCUT2D eigenvalue weighted by atomic mass is 16.2. The average molecular weight is 281 g/mol. The maximum atomic E-state index is 12.8. The zero-order valence-corrected chi connectivity index (χ0v) is 12.4. The Morgan fingerprint density at radius 1 is 0.905 bits per heavy atom. The minimum absolute atomic E-state index is 0.00676. The van der Waals surface area contributed by atoms with E-state index in [1.165, 1.54) is 10.5 Å². The van der Waals surface area contributed by atoms with Crippen LogP contribution in [0.5, 0.6) is 0 Å². The molecule has 0 aromatic heterocycles. The lowest BCUT2D eigenvalue weighted by Crippen LogP contribution is -2.38. The van der Waals surface area contributed by atoms with Crippen molar-refractivity contribution in [1.82, 2.24) is 0 Å². The summed E-state index contributed by atoms with van der Waals surface area (Å²) in [7, 11) is 0. The predicted octanol–water partition coefficient (Wildman–Crippen LogP) is 3.01. The van der Waals surface area contributed by atoms with Crippen molar-refractivity contribution >= 4 is 17.5 Å². The third-order valence-corrected chi connectivity index (χ3v) is 5.51. The highest BCUT2D eigenvalue weighted by molar-refractivity contribution is 6.22. The van der Waals surface area contributed by atoms with Crippen LogP contribution in [0.1, 0.15) is 24.0 Å². The molecule has 0 radical (unpaired) electrons. The fourth-order valence-corrected chi connectivity index (χ4v) is 4.19. The molecule has 4 unspecified atom stereocenters. The van der Waals surface area contributed by atoms with Crippen LogP contribution in [0.4, 0.5) is 5.69 Å². The first-order chi connectivity index (χ1) is 10.1. The van der Waals surface area contributed by atoms with Crippen molar-refractivity contribution < 1.29 is 9.59 Å². The summed E-state index contributed by atoms with van der Waals surface area (Å²) in [5.74, 6) is 0.284. The van der Waals surface area contributed by atoms with Crippen LogP contribution in [-0.2, 0) is 9.59 Å². The molecule has 1 aliphatic heterocycles. The molecule has 2 fully saturated rings. The Morgan fingerprint density at radius 3 is 1.95 bits per heavy atom. The number of anilines is 1. The van der Waals surface area contributed by atoms with Gasteiger partial charge in [0.25, 0.3) is 0 Å². The summed E-state index contributed by atoms with van der Waals surface area (Å²) in [6, 6.07) is 5.84. The van der Waals surface area contributed by atoms with E-state index in [9.17, 15) is 9.59 Å². The number of nitrogens with zero attached hydrogens (tertiary/aromatic N) is 1. The SMILES string of the molecule is Cc1ccc(N2C(=O)C3C4C=CC(CC4)C3C2=O)cc1C. The van der Waals surface area contributed by atoms with E-state index in [-0.39, 0.29) is 35.5 Å². The highest BCUT2D eigenvalue weighted by Gasteiger charge is 2.56. The van der Waals surface area contributed by atoms with Gasteiger partial charge >= 0.3 is 0 Å². The normalized spacial score (nSPS) is 33.7. The second-order valence-corrected chi connectivity index (χ2v) is 6.62. The van der Waals surface area contributed by atoms with E-state index < -0.39 is 0 Å². The summed E-state index contributed by atoms with van der Waals surface area (Å²) in [6.07, 6.45) is 6.40. The Bertz CT molecular complexity index is 644. The molecular formula is C18H19NO2. The quantitative estimate of drug-likeness (QED) is 0.586. The molecule has 1 heterocycles. The minimum atomic E-state index is -0.122. The van der Waals surface area contributed by atoms with E-state index in [0.717, 1.165) is 24.1 Å². The third-order valence-electron chi connectivity index (χ3n) is 5.51. The molecule has 1 aromatic carbocycles. The molecule has 2 amide bonds. The molecule has 4 aliphatic rings. The van der Waals surface area contributed by atoms with Crippen molar-refractivity contribution in [2.75, 3.05) is 4.90 Å². The van der Waals surface area contributed by atoms with Crippen molar-refractivity contribution in [3.63, 3.8) is 0 Å². The van der Waals surface area contributed by atoms with Gasteiger partial charge in [0.05, 0.1) is 17.5 Å². The fraction of sp³-hybridized carbons (Fsp3) is 0.444. The van der Waals surface area contributed by atoms with Crippen molar-refractivity contribution in [1.29, 1.82) is 0 Å². The summed E-state index contributed by atoms with van der Waals surface area (Å²) in [4.78, 5) is 27.1. The molecule has 3 heteroatoms. The number of fused-ring (bicyclic) bond motifs is 1. The van der Waals surface area contributed by atoms with Crippen molar-refractivity contribution in [2.45, 2.75) is 26.7 Å². The van der Waals surface area contributed by atoms with Crippen molar-refractivity contribution in [3.8, 4) is 0 Å². The summed E-state index contributed by atoms with van der Waals surface area (Å²) in [6.45, 7) is 4.05. The van der Waals surface area contributed by atoms with Gasteiger partial charge in [0.1, 0.15) is 0 Å². The lowest BCUT2D eigenvalue weighted by molar-refractivity contribution is -0.124. The summed E-state index contributed by atoms with van der Waals surface area (Å²) in [5.41, 5.74) is 3.03. The summed E-state index contributed by atoms with van der Waals surface area (Å²) >= 11 is 0. The van der Waals surface area contributed by atoms with E-state index in [1.54, 1.807) is 0 Å². The Morgan fingerprint density at radius 2 is 1.48 bits per heavy atom. The molecule has 3 aliphatic carbocycles. The van der Waals surface area contributed by atoms with Gasteiger partial charge in [0.2, 0.25) is 11.8 Å². The van der Waals surface area contributed by atoms with Crippen LogP contribution < -0.4 is 4.90 Å². The maximum Gasteiger partial charge on any atom is 0.238 e. The van der Waals surface area contributed by atoms with Crippen LogP contribution >= 0.6 is 0 Å². The first-order valence-electron chi connectivity index (χ1n) is 7.71. The van der Waals surface area contributed by atoms with Gasteiger partial charge in [-0.2, -0.15) is 0 Å². The fourth-order valence-electron chi connectivity index (χ4n) is 4.19. The van der Waals surface area contributed by atoms with E-state index in [4.69, 9.17) is 0 Å². The van der Waals surface area contributed by atoms with Gasteiger partial charge in [0.15, 0.2) is 0 Å². The number of aryl methyl sites for hydroxylation is 2. The molecule has 4 atom stereocenters. The highest BCUT2D eigenvalue weighted by Crippen LogP contribution is 2.50. The molecule has 3 nitrogen and oxygen atoms in total. The number of amides is 2. The Balaban J connectivity index is 1.76. The first kappa shape index (κ1) is 12.8. The molecule has 0 spiro atoms. The number of hydrogen-bond donors (Lipinski definition) is 0. The second kappa shape index (κ2) is 4.30. The zero-order valence-electron chi connectivity index (χ0n) is 12.4. The van der Waals surface area contributed by atoms with E-state index in [0.29, 0.717) is 0 Å². The van der Waals surface area contributed by atoms with Crippen molar-refractivity contribution in [2.24, 2.45) is 23.7 Å². The molecule has 1 saturated heterocycles. The third kappa shape index (κ3) is 1.66. The van der Waals surface area contributed by atoms with Crippen LogP contribution in [0.25, 0.3) is 0 Å². The van der Waals surface area contributed by atoms with E-state index >= 15 is 0 Å². The number of benzene rings is 1. The van der Waals surface area contributed by atoms with Gasteiger partial charge in [-0.05, 0) is 61.8 Å². The van der Waals surface area contributed by atoms with Crippen LogP contribution in [0.2, 0.25) is 0 Å². The summed E-state index contributed by atoms with van der Waals surface area (Å²) < 4.78 is 0. The number of rotatable bonds is 1. The topological polar surface area (TPSA) is 37.4 Å². The monoisotopic (exact) mass is 281 g/mol. The molecule has 21 heavy (non-hydrogen) atoms. The van der Waals surface area contributed by atoms with Crippen LogP contribution in [0, 0.1) is 37.5 Å². The molecule has 1 aromatic rings. The largest absolute Gasteiger partial charge is 0.274 e.